The van der Waals surface area contributed by atoms with Gasteiger partial charge in [-0.1, -0.05) is 65.8 Å². The largest absolute Gasteiger partial charge is 0.478 e. The van der Waals surface area contributed by atoms with E-state index in [-0.39, 0.29) is 6.04 Å². The van der Waals surface area contributed by atoms with Crippen LogP contribution in [0.1, 0.15) is 44.7 Å². The van der Waals surface area contributed by atoms with Crippen LogP contribution in [0.2, 0.25) is 0 Å². The van der Waals surface area contributed by atoms with Gasteiger partial charge in [0, 0.05) is 28.9 Å². The number of benzene rings is 3. The maximum atomic E-state index is 11.7. The molecular weight excluding hydrogens is 486 g/mol. The molecule has 0 aliphatic heterocycles. The van der Waals surface area contributed by atoms with Crippen LogP contribution >= 0.6 is 0 Å². The third-order valence-corrected chi connectivity index (χ3v) is 7.29. The highest BCUT2D eigenvalue weighted by Gasteiger charge is 2.23. The van der Waals surface area contributed by atoms with E-state index in [4.69, 9.17) is 9.51 Å². The van der Waals surface area contributed by atoms with Gasteiger partial charge in [-0.25, -0.2) is 4.79 Å². The van der Waals surface area contributed by atoms with Crippen LogP contribution in [0.15, 0.2) is 102 Å². The van der Waals surface area contributed by atoms with E-state index < -0.39 is 5.97 Å². The highest BCUT2D eigenvalue weighted by atomic mass is 16.5. The summed E-state index contributed by atoms with van der Waals surface area (Å²) in [5.41, 5.74) is 8.92. The number of carbonyl (C=O) groups is 1. The Labute approximate surface area is 226 Å². The van der Waals surface area contributed by atoms with Crippen molar-refractivity contribution in [1.82, 2.24) is 14.7 Å². The van der Waals surface area contributed by atoms with E-state index in [9.17, 15) is 9.90 Å². The number of aromatic nitrogens is 3. The van der Waals surface area contributed by atoms with Crippen molar-refractivity contribution in [2.75, 3.05) is 0 Å². The fourth-order valence-electron chi connectivity index (χ4n) is 5.46. The van der Waals surface area contributed by atoms with Crippen molar-refractivity contribution < 1.29 is 14.4 Å². The standard InChI is InChI=1S/C33H27N3O3/c1-20-17-24(12-14-26(20)33(37)38)28-19-36(32(23-9-5-4-6-10-23)29-11-7-8-16-34-29)30-18-25(13-15-27(28)30)31-21(2)35-39-22(31)3/h4-19,32H,1-3H3,(H,37,38). The second-order valence-electron chi connectivity index (χ2n) is 9.78. The Hall–Kier alpha value is -4.97. The molecule has 6 rings (SSSR count). The van der Waals surface area contributed by atoms with Gasteiger partial charge in [0.15, 0.2) is 0 Å². The molecule has 0 bridgehead atoms. The lowest BCUT2D eigenvalue weighted by atomic mass is 9.97. The Morgan fingerprint density at radius 2 is 1.67 bits per heavy atom. The van der Waals surface area contributed by atoms with E-state index >= 15 is 0 Å². The van der Waals surface area contributed by atoms with Crippen molar-refractivity contribution in [2.45, 2.75) is 26.8 Å². The number of rotatable bonds is 6. The van der Waals surface area contributed by atoms with Crippen molar-refractivity contribution in [3.05, 3.63) is 131 Å². The Balaban J connectivity index is 1.65. The minimum atomic E-state index is -0.926. The fourth-order valence-corrected chi connectivity index (χ4v) is 5.46. The molecule has 0 radical (unpaired) electrons. The number of hydrogen-bond donors (Lipinski definition) is 1. The van der Waals surface area contributed by atoms with Gasteiger partial charge >= 0.3 is 5.97 Å². The van der Waals surface area contributed by atoms with Crippen molar-refractivity contribution >= 4 is 16.9 Å². The molecule has 0 spiro atoms. The predicted octanol–water partition coefficient (Wildman–Crippen LogP) is 7.62. The van der Waals surface area contributed by atoms with Crippen LogP contribution in [0.4, 0.5) is 0 Å². The van der Waals surface area contributed by atoms with E-state index in [1.807, 2.05) is 75.5 Å². The molecule has 0 fully saturated rings. The molecule has 0 saturated heterocycles. The van der Waals surface area contributed by atoms with Crippen LogP contribution in [-0.2, 0) is 0 Å². The zero-order valence-corrected chi connectivity index (χ0v) is 21.9. The van der Waals surface area contributed by atoms with Gasteiger partial charge in [-0.15, -0.1) is 0 Å². The maximum Gasteiger partial charge on any atom is 0.335 e. The number of aryl methyl sites for hydroxylation is 3. The second kappa shape index (κ2) is 9.72. The molecule has 0 saturated carbocycles. The van der Waals surface area contributed by atoms with Gasteiger partial charge in [0.1, 0.15) is 11.8 Å². The van der Waals surface area contributed by atoms with Crippen LogP contribution in [0.25, 0.3) is 33.2 Å². The molecule has 0 amide bonds. The molecule has 192 valence electrons. The third-order valence-electron chi connectivity index (χ3n) is 7.29. The van der Waals surface area contributed by atoms with Crippen LogP contribution in [-0.4, -0.2) is 25.8 Å². The lowest BCUT2D eigenvalue weighted by molar-refractivity contribution is 0.0696. The van der Waals surface area contributed by atoms with E-state index in [0.717, 1.165) is 61.4 Å². The summed E-state index contributed by atoms with van der Waals surface area (Å²) < 4.78 is 7.75. The number of fused-ring (bicyclic) bond motifs is 1. The molecule has 6 nitrogen and oxygen atoms in total. The Kier molecular flexibility index (Phi) is 6.08. The lowest BCUT2D eigenvalue weighted by Crippen LogP contribution is -2.12. The monoisotopic (exact) mass is 513 g/mol. The first-order valence-electron chi connectivity index (χ1n) is 12.8. The van der Waals surface area contributed by atoms with Gasteiger partial charge in [-0.2, -0.15) is 0 Å². The summed E-state index contributed by atoms with van der Waals surface area (Å²) in [6, 6.07) is 28.1. The van der Waals surface area contributed by atoms with E-state index in [1.165, 1.54) is 0 Å². The summed E-state index contributed by atoms with van der Waals surface area (Å²) in [5, 5.41) is 14.8. The van der Waals surface area contributed by atoms with Gasteiger partial charge in [0.25, 0.3) is 0 Å². The van der Waals surface area contributed by atoms with Crippen molar-refractivity contribution in [3.8, 4) is 22.3 Å². The van der Waals surface area contributed by atoms with Crippen LogP contribution in [0, 0.1) is 20.8 Å². The first-order chi connectivity index (χ1) is 18.9. The minimum absolute atomic E-state index is 0.178. The lowest BCUT2D eigenvalue weighted by Gasteiger charge is -2.21. The summed E-state index contributed by atoms with van der Waals surface area (Å²) in [4.78, 5) is 16.4. The quantitative estimate of drug-likeness (QED) is 0.248. The number of nitrogens with zero attached hydrogens (tertiary/aromatic N) is 3. The maximum absolute atomic E-state index is 11.7. The molecule has 6 aromatic rings. The minimum Gasteiger partial charge on any atom is -0.478 e. The molecule has 0 aliphatic carbocycles. The highest BCUT2D eigenvalue weighted by Crippen LogP contribution is 2.39. The van der Waals surface area contributed by atoms with Crippen molar-refractivity contribution in [3.63, 3.8) is 0 Å². The Morgan fingerprint density at radius 1 is 0.897 bits per heavy atom. The van der Waals surface area contributed by atoms with Crippen LogP contribution in [0.5, 0.6) is 0 Å². The van der Waals surface area contributed by atoms with Gasteiger partial charge in [0.05, 0.1) is 22.5 Å². The van der Waals surface area contributed by atoms with E-state index in [2.05, 4.69) is 46.3 Å². The van der Waals surface area contributed by atoms with E-state index in [0.29, 0.717) is 5.56 Å². The summed E-state index contributed by atoms with van der Waals surface area (Å²) in [5.74, 6) is -0.153. The molecule has 0 aliphatic rings. The molecule has 1 N–H and O–H groups in total. The van der Waals surface area contributed by atoms with Gasteiger partial charge < -0.3 is 14.2 Å². The molecule has 3 heterocycles. The molecular formula is C33H27N3O3. The van der Waals surface area contributed by atoms with Gasteiger partial charge in [-0.05, 0) is 67.3 Å². The smallest absolute Gasteiger partial charge is 0.335 e. The Morgan fingerprint density at radius 3 is 2.33 bits per heavy atom. The normalized spacial score (nSPS) is 12.1. The number of hydrogen-bond acceptors (Lipinski definition) is 4. The molecule has 3 aromatic heterocycles. The van der Waals surface area contributed by atoms with Gasteiger partial charge in [-0.3, -0.25) is 4.98 Å². The number of carboxylic acids is 1. The average Bonchev–Trinajstić information content (AvgIpc) is 3.48. The number of carboxylic acid groups (broad SMARTS) is 1. The SMILES string of the molecule is Cc1cc(-c2cn(C(c3ccccc3)c3ccccn3)c3cc(-c4c(C)noc4C)ccc23)ccc1C(=O)O. The summed E-state index contributed by atoms with van der Waals surface area (Å²) in [7, 11) is 0. The topological polar surface area (TPSA) is 81.2 Å². The molecule has 1 unspecified atom stereocenters. The van der Waals surface area contributed by atoms with E-state index in [1.54, 1.807) is 6.07 Å². The number of pyridine rings is 1. The first kappa shape index (κ1) is 24.4. The zero-order valence-electron chi connectivity index (χ0n) is 21.9. The fraction of sp³-hybridized carbons (Fsp3) is 0.121. The predicted molar refractivity (Wildman–Crippen MR) is 152 cm³/mol. The zero-order chi connectivity index (χ0) is 27.1. The van der Waals surface area contributed by atoms with Crippen molar-refractivity contribution in [2.24, 2.45) is 0 Å². The first-order valence-corrected chi connectivity index (χ1v) is 12.8. The summed E-state index contributed by atoms with van der Waals surface area (Å²) in [6.45, 7) is 5.72. The summed E-state index contributed by atoms with van der Waals surface area (Å²) >= 11 is 0. The number of aromatic carboxylic acids is 1. The average molecular weight is 514 g/mol. The van der Waals surface area contributed by atoms with Crippen molar-refractivity contribution in [1.29, 1.82) is 0 Å². The van der Waals surface area contributed by atoms with Gasteiger partial charge in [0.2, 0.25) is 0 Å². The Bertz CT molecular complexity index is 1760. The molecule has 3 aromatic carbocycles. The molecule has 39 heavy (non-hydrogen) atoms. The molecule has 1 atom stereocenters. The third kappa shape index (κ3) is 4.30. The van der Waals surface area contributed by atoms with Crippen LogP contribution < -0.4 is 0 Å². The highest BCUT2D eigenvalue weighted by molar-refractivity contribution is 5.99. The van der Waals surface area contributed by atoms with Crippen LogP contribution in [0.3, 0.4) is 0 Å². The summed E-state index contributed by atoms with van der Waals surface area (Å²) in [6.07, 6.45) is 3.98. The molecule has 6 heteroatoms. The second-order valence-corrected chi connectivity index (χ2v) is 9.78.